The molecule has 0 aliphatic carbocycles. The van der Waals surface area contributed by atoms with Crippen LogP contribution in [-0.4, -0.2) is 14.8 Å². The number of hydrogen-bond acceptors (Lipinski definition) is 2. The highest BCUT2D eigenvalue weighted by Crippen LogP contribution is 2.42. The maximum atomic E-state index is 13.2. The molecule has 0 unspecified atom stereocenters. The Morgan fingerprint density at radius 1 is 1.26 bits per heavy atom. The standard InChI is InChI=1S/C15H15BrF3N3S/c1-6-5-9(14(20)23)7(2)8(3)10(6)12-11(16)13(15(17,18)19)22(4)21-12/h5H,1-4H3,(H2,20,23). The number of nitrogens with zero attached hydrogens (tertiary/aromatic N) is 2. The van der Waals surface area contributed by atoms with Gasteiger partial charge in [-0.05, 0) is 59.5 Å². The summed E-state index contributed by atoms with van der Waals surface area (Å²) in [6.07, 6.45) is -4.49. The van der Waals surface area contributed by atoms with Gasteiger partial charge in [-0.2, -0.15) is 18.3 Å². The molecule has 1 aromatic heterocycles. The summed E-state index contributed by atoms with van der Waals surface area (Å²) in [7, 11) is 1.28. The van der Waals surface area contributed by atoms with Crippen LogP contribution in [0.5, 0.6) is 0 Å². The molecular formula is C15H15BrF3N3S. The minimum Gasteiger partial charge on any atom is -0.389 e. The average Bonchev–Trinajstić information content (AvgIpc) is 2.68. The zero-order valence-corrected chi connectivity index (χ0v) is 15.4. The van der Waals surface area contributed by atoms with E-state index in [0.29, 0.717) is 5.56 Å². The number of nitrogens with two attached hydrogens (primary N) is 1. The third-order valence-electron chi connectivity index (χ3n) is 3.86. The fourth-order valence-corrected chi connectivity index (χ4v) is 3.64. The van der Waals surface area contributed by atoms with Crippen LogP contribution in [0, 0.1) is 20.8 Å². The van der Waals surface area contributed by atoms with Gasteiger partial charge in [-0.15, -0.1) is 0 Å². The summed E-state index contributed by atoms with van der Waals surface area (Å²) < 4.78 is 40.3. The zero-order valence-electron chi connectivity index (χ0n) is 13.0. The molecule has 23 heavy (non-hydrogen) atoms. The van der Waals surface area contributed by atoms with Crippen LogP contribution in [0.4, 0.5) is 13.2 Å². The second-order valence-electron chi connectivity index (χ2n) is 5.36. The van der Waals surface area contributed by atoms with E-state index in [0.717, 1.165) is 26.9 Å². The smallest absolute Gasteiger partial charge is 0.389 e. The van der Waals surface area contributed by atoms with Crippen molar-refractivity contribution in [1.29, 1.82) is 0 Å². The van der Waals surface area contributed by atoms with Crippen LogP contribution in [0.1, 0.15) is 27.9 Å². The summed E-state index contributed by atoms with van der Waals surface area (Å²) in [5.74, 6) is 0. The fraction of sp³-hybridized carbons (Fsp3) is 0.333. The SMILES string of the molecule is Cc1cc(C(N)=S)c(C)c(C)c1-c1nn(C)c(C(F)(F)F)c1Br. The Bertz CT molecular complexity index is 810. The van der Waals surface area contributed by atoms with Gasteiger partial charge >= 0.3 is 6.18 Å². The molecule has 2 N–H and O–H groups in total. The van der Waals surface area contributed by atoms with Crippen molar-refractivity contribution < 1.29 is 13.2 Å². The van der Waals surface area contributed by atoms with E-state index in [4.69, 9.17) is 18.0 Å². The van der Waals surface area contributed by atoms with E-state index in [1.54, 1.807) is 13.0 Å². The van der Waals surface area contributed by atoms with Gasteiger partial charge in [-0.25, -0.2) is 0 Å². The van der Waals surface area contributed by atoms with Gasteiger partial charge in [0.2, 0.25) is 0 Å². The van der Waals surface area contributed by atoms with Crippen LogP contribution in [0.15, 0.2) is 10.5 Å². The van der Waals surface area contributed by atoms with Crippen molar-refractivity contribution in [2.75, 3.05) is 0 Å². The first-order valence-electron chi connectivity index (χ1n) is 6.67. The monoisotopic (exact) mass is 405 g/mol. The van der Waals surface area contributed by atoms with Crippen molar-refractivity contribution in [2.24, 2.45) is 12.8 Å². The van der Waals surface area contributed by atoms with Crippen molar-refractivity contribution >= 4 is 33.1 Å². The fourth-order valence-electron chi connectivity index (χ4n) is 2.67. The molecular weight excluding hydrogens is 391 g/mol. The molecule has 0 radical (unpaired) electrons. The Balaban J connectivity index is 2.80. The Hall–Kier alpha value is -1.41. The third kappa shape index (κ3) is 3.01. The van der Waals surface area contributed by atoms with Crippen molar-refractivity contribution in [3.63, 3.8) is 0 Å². The van der Waals surface area contributed by atoms with Crippen molar-refractivity contribution in [3.8, 4) is 11.3 Å². The van der Waals surface area contributed by atoms with Crippen molar-refractivity contribution in [3.05, 3.63) is 38.5 Å². The van der Waals surface area contributed by atoms with Crippen molar-refractivity contribution in [1.82, 2.24) is 9.78 Å². The predicted molar refractivity (Wildman–Crippen MR) is 91.4 cm³/mol. The number of thiocarbonyl (C=S) groups is 1. The van der Waals surface area contributed by atoms with Crippen LogP contribution in [0.25, 0.3) is 11.3 Å². The van der Waals surface area contributed by atoms with Gasteiger partial charge in [0.1, 0.15) is 10.7 Å². The summed E-state index contributed by atoms with van der Waals surface area (Å²) in [5, 5.41) is 4.07. The number of rotatable bonds is 2. The van der Waals surface area contributed by atoms with Crippen molar-refractivity contribution in [2.45, 2.75) is 26.9 Å². The van der Waals surface area contributed by atoms with E-state index in [9.17, 15) is 13.2 Å². The second-order valence-corrected chi connectivity index (χ2v) is 6.60. The molecule has 3 nitrogen and oxygen atoms in total. The topological polar surface area (TPSA) is 43.8 Å². The Morgan fingerprint density at radius 3 is 2.26 bits per heavy atom. The van der Waals surface area contributed by atoms with E-state index in [1.807, 2.05) is 13.8 Å². The summed E-state index contributed by atoms with van der Waals surface area (Å²) in [5.41, 5.74) is 8.94. The molecule has 124 valence electrons. The predicted octanol–water partition coefficient (Wildman–Crippen LogP) is 4.43. The molecule has 0 saturated carbocycles. The highest BCUT2D eigenvalue weighted by Gasteiger charge is 2.39. The van der Waals surface area contributed by atoms with Crippen LogP contribution < -0.4 is 5.73 Å². The number of aromatic nitrogens is 2. The number of aryl methyl sites for hydroxylation is 2. The van der Waals surface area contributed by atoms with Gasteiger partial charge < -0.3 is 5.73 Å². The minimum atomic E-state index is -4.49. The quantitative estimate of drug-likeness (QED) is 0.751. The first-order valence-corrected chi connectivity index (χ1v) is 7.87. The van der Waals surface area contributed by atoms with Gasteiger partial charge in [0.15, 0.2) is 5.69 Å². The van der Waals surface area contributed by atoms with Gasteiger partial charge in [0.25, 0.3) is 0 Å². The molecule has 0 fully saturated rings. The van der Waals surface area contributed by atoms with Crippen LogP contribution in [-0.2, 0) is 13.2 Å². The van der Waals surface area contributed by atoms with E-state index < -0.39 is 11.9 Å². The summed E-state index contributed by atoms with van der Waals surface area (Å²) in [6, 6.07) is 1.79. The van der Waals surface area contributed by atoms with Crippen LogP contribution >= 0.6 is 28.1 Å². The molecule has 2 aromatic rings. The summed E-state index contributed by atoms with van der Waals surface area (Å²) >= 11 is 8.09. The molecule has 0 amide bonds. The zero-order chi connectivity index (χ0) is 17.7. The minimum absolute atomic E-state index is 0.0684. The molecule has 0 spiro atoms. The summed E-state index contributed by atoms with van der Waals surface area (Å²) in [4.78, 5) is 0.260. The number of hydrogen-bond donors (Lipinski definition) is 1. The van der Waals surface area contributed by atoms with Crippen LogP contribution in [0.3, 0.4) is 0 Å². The number of benzene rings is 1. The van der Waals surface area contributed by atoms with Crippen LogP contribution in [0.2, 0.25) is 0 Å². The normalized spacial score (nSPS) is 11.8. The highest BCUT2D eigenvalue weighted by molar-refractivity contribution is 9.10. The van der Waals surface area contributed by atoms with Gasteiger partial charge in [0.05, 0.1) is 4.47 Å². The van der Waals surface area contributed by atoms with Gasteiger partial charge in [0, 0.05) is 18.2 Å². The van der Waals surface area contributed by atoms with E-state index >= 15 is 0 Å². The molecule has 1 heterocycles. The lowest BCUT2D eigenvalue weighted by molar-refractivity contribution is -0.144. The molecule has 0 bridgehead atoms. The van der Waals surface area contributed by atoms with Gasteiger partial charge in [-0.3, -0.25) is 4.68 Å². The van der Waals surface area contributed by atoms with E-state index in [2.05, 4.69) is 21.0 Å². The summed E-state index contributed by atoms with van der Waals surface area (Å²) in [6.45, 7) is 5.47. The molecule has 0 aliphatic heterocycles. The highest BCUT2D eigenvalue weighted by atomic mass is 79.9. The molecule has 2 rings (SSSR count). The maximum Gasteiger partial charge on any atom is 0.434 e. The maximum absolute atomic E-state index is 13.2. The lowest BCUT2D eigenvalue weighted by Gasteiger charge is -2.15. The lowest BCUT2D eigenvalue weighted by Crippen LogP contribution is -2.13. The number of halogens is 4. The van der Waals surface area contributed by atoms with E-state index in [-0.39, 0.29) is 15.2 Å². The molecule has 0 atom stereocenters. The van der Waals surface area contributed by atoms with E-state index in [1.165, 1.54) is 7.05 Å². The Morgan fingerprint density at radius 2 is 1.83 bits per heavy atom. The lowest BCUT2D eigenvalue weighted by atomic mass is 9.92. The third-order valence-corrected chi connectivity index (χ3v) is 4.83. The van der Waals surface area contributed by atoms with Gasteiger partial charge in [-0.1, -0.05) is 12.2 Å². The Kier molecular flexibility index (Phi) is 4.60. The largest absolute Gasteiger partial charge is 0.434 e. The first-order chi connectivity index (χ1) is 10.5. The molecule has 0 aliphatic rings. The Labute approximate surface area is 145 Å². The second kappa shape index (κ2) is 5.90. The molecule has 0 saturated heterocycles. The average molecular weight is 406 g/mol. The molecule has 8 heteroatoms. The number of alkyl halides is 3. The molecule has 1 aromatic carbocycles. The first kappa shape index (κ1) is 17.9.